The second-order valence-electron chi connectivity index (χ2n) is 3.49. The SMILES string of the molecule is C=C1NC(N)=Nc2ncc(C(O)CC)nc21. The smallest absolute Gasteiger partial charge is 0.199 e. The van der Waals surface area contributed by atoms with E-state index in [0.29, 0.717) is 29.3 Å². The third-order valence-corrected chi connectivity index (χ3v) is 2.29. The van der Waals surface area contributed by atoms with Crippen LogP contribution in [0.2, 0.25) is 0 Å². The number of nitrogens with one attached hydrogen (secondary N) is 1. The van der Waals surface area contributed by atoms with Gasteiger partial charge in [-0.3, -0.25) is 0 Å². The summed E-state index contributed by atoms with van der Waals surface area (Å²) in [7, 11) is 0. The van der Waals surface area contributed by atoms with Gasteiger partial charge in [-0.1, -0.05) is 13.5 Å². The highest BCUT2D eigenvalue weighted by Crippen LogP contribution is 2.25. The summed E-state index contributed by atoms with van der Waals surface area (Å²) < 4.78 is 0. The second kappa shape index (κ2) is 3.90. The molecule has 1 unspecified atom stereocenters. The summed E-state index contributed by atoms with van der Waals surface area (Å²) >= 11 is 0. The summed E-state index contributed by atoms with van der Waals surface area (Å²) in [5, 5.41) is 12.4. The Morgan fingerprint density at radius 3 is 3.06 bits per heavy atom. The lowest BCUT2D eigenvalue weighted by molar-refractivity contribution is 0.168. The number of aromatic nitrogens is 2. The maximum Gasteiger partial charge on any atom is 0.199 e. The van der Waals surface area contributed by atoms with Crippen molar-refractivity contribution in [3.05, 3.63) is 24.2 Å². The molecule has 0 saturated heterocycles. The molecule has 4 N–H and O–H groups in total. The molecule has 0 bridgehead atoms. The molecule has 1 atom stereocenters. The molecule has 1 aliphatic heterocycles. The Morgan fingerprint density at radius 2 is 2.38 bits per heavy atom. The van der Waals surface area contributed by atoms with E-state index in [1.807, 2.05) is 6.92 Å². The maximum absolute atomic E-state index is 9.66. The first-order valence-electron chi connectivity index (χ1n) is 4.97. The fraction of sp³-hybridized carbons (Fsp3) is 0.300. The van der Waals surface area contributed by atoms with Crippen molar-refractivity contribution in [3.8, 4) is 0 Å². The number of nitrogens with two attached hydrogens (primary N) is 1. The average Bonchev–Trinajstić information content (AvgIpc) is 2.27. The lowest BCUT2D eigenvalue weighted by Crippen LogP contribution is -2.32. The third kappa shape index (κ3) is 1.74. The number of guanidine groups is 1. The quantitative estimate of drug-likeness (QED) is 0.670. The Labute approximate surface area is 92.9 Å². The Morgan fingerprint density at radius 1 is 1.62 bits per heavy atom. The van der Waals surface area contributed by atoms with Gasteiger partial charge in [-0.05, 0) is 6.42 Å². The fourth-order valence-electron chi connectivity index (χ4n) is 1.41. The minimum atomic E-state index is -0.617. The first-order valence-corrected chi connectivity index (χ1v) is 4.97. The minimum Gasteiger partial charge on any atom is -0.387 e. The van der Waals surface area contributed by atoms with Crippen LogP contribution in [0.4, 0.5) is 5.82 Å². The van der Waals surface area contributed by atoms with Gasteiger partial charge in [0, 0.05) is 0 Å². The van der Waals surface area contributed by atoms with Crippen LogP contribution in [0.15, 0.2) is 17.8 Å². The lowest BCUT2D eigenvalue weighted by atomic mass is 10.2. The predicted molar refractivity (Wildman–Crippen MR) is 60.7 cm³/mol. The first kappa shape index (κ1) is 10.6. The van der Waals surface area contributed by atoms with Crippen molar-refractivity contribution in [3.63, 3.8) is 0 Å². The van der Waals surface area contributed by atoms with Gasteiger partial charge in [-0.2, -0.15) is 4.99 Å². The van der Waals surface area contributed by atoms with Gasteiger partial charge in [0.1, 0.15) is 5.69 Å². The molecule has 0 radical (unpaired) electrons. The van der Waals surface area contributed by atoms with E-state index in [0.717, 1.165) is 0 Å². The van der Waals surface area contributed by atoms with Crippen molar-refractivity contribution in [2.24, 2.45) is 10.7 Å². The number of nitrogens with zero attached hydrogens (tertiary/aromatic N) is 3. The molecule has 1 aromatic rings. The molecule has 1 aromatic heterocycles. The average molecular weight is 219 g/mol. The number of aliphatic hydroxyl groups is 1. The number of fused-ring (bicyclic) bond motifs is 1. The molecule has 0 saturated carbocycles. The van der Waals surface area contributed by atoms with Crippen LogP contribution in [0.3, 0.4) is 0 Å². The van der Waals surface area contributed by atoms with Crippen LogP contribution in [-0.4, -0.2) is 21.0 Å². The van der Waals surface area contributed by atoms with Crippen molar-refractivity contribution >= 4 is 17.5 Å². The molecule has 0 aromatic carbocycles. The Kier molecular flexibility index (Phi) is 2.57. The van der Waals surface area contributed by atoms with Crippen molar-refractivity contribution in [1.29, 1.82) is 0 Å². The normalized spacial score (nSPS) is 16.1. The van der Waals surface area contributed by atoms with Gasteiger partial charge in [0.15, 0.2) is 11.8 Å². The van der Waals surface area contributed by atoms with E-state index < -0.39 is 6.10 Å². The first-order chi connectivity index (χ1) is 7.61. The molecule has 6 nitrogen and oxygen atoms in total. The van der Waals surface area contributed by atoms with Gasteiger partial charge >= 0.3 is 0 Å². The van der Waals surface area contributed by atoms with E-state index in [-0.39, 0.29) is 5.96 Å². The van der Waals surface area contributed by atoms with E-state index >= 15 is 0 Å². The van der Waals surface area contributed by atoms with Gasteiger partial charge in [-0.15, -0.1) is 0 Å². The molecule has 1 aliphatic rings. The number of hydrogen-bond donors (Lipinski definition) is 3. The molecule has 0 spiro atoms. The number of hydrogen-bond acceptors (Lipinski definition) is 6. The predicted octanol–water partition coefficient (Wildman–Crippen LogP) is 0.440. The zero-order valence-corrected chi connectivity index (χ0v) is 8.94. The molecule has 6 heteroatoms. The van der Waals surface area contributed by atoms with Crippen LogP contribution in [-0.2, 0) is 0 Å². The van der Waals surface area contributed by atoms with Crippen LogP contribution in [0.5, 0.6) is 0 Å². The standard InChI is InChI=1S/C10H13N5O/c1-3-7(16)6-4-12-9-8(14-6)5(2)13-10(11)15-9/h4,7,16H,2-3H2,1H3,(H3,11,12,13,15). The van der Waals surface area contributed by atoms with Gasteiger partial charge in [0.05, 0.1) is 23.7 Å². The van der Waals surface area contributed by atoms with Crippen molar-refractivity contribution in [2.75, 3.05) is 0 Å². The highest BCUT2D eigenvalue weighted by molar-refractivity contribution is 5.93. The largest absolute Gasteiger partial charge is 0.387 e. The molecule has 0 fully saturated rings. The maximum atomic E-state index is 9.66. The van der Waals surface area contributed by atoms with Gasteiger partial charge in [0.2, 0.25) is 0 Å². The molecule has 2 heterocycles. The van der Waals surface area contributed by atoms with Crippen molar-refractivity contribution in [1.82, 2.24) is 15.3 Å². The zero-order valence-electron chi connectivity index (χ0n) is 8.94. The Bertz CT molecular complexity index is 468. The topological polar surface area (TPSA) is 96.4 Å². The number of rotatable bonds is 2. The van der Waals surface area contributed by atoms with E-state index in [2.05, 4.69) is 26.9 Å². The van der Waals surface area contributed by atoms with E-state index in [4.69, 9.17) is 5.73 Å². The summed E-state index contributed by atoms with van der Waals surface area (Å²) in [4.78, 5) is 12.4. The van der Waals surface area contributed by atoms with Crippen molar-refractivity contribution in [2.45, 2.75) is 19.4 Å². The molecule has 0 aliphatic carbocycles. The summed E-state index contributed by atoms with van der Waals surface area (Å²) in [6.45, 7) is 5.65. The third-order valence-electron chi connectivity index (χ3n) is 2.29. The molecule has 16 heavy (non-hydrogen) atoms. The van der Waals surface area contributed by atoms with Crippen molar-refractivity contribution < 1.29 is 5.11 Å². The van der Waals surface area contributed by atoms with Crippen LogP contribution in [0.1, 0.15) is 30.8 Å². The molecule has 2 rings (SSSR count). The van der Waals surface area contributed by atoms with Gasteiger partial charge in [0.25, 0.3) is 0 Å². The minimum absolute atomic E-state index is 0.246. The summed E-state index contributed by atoms with van der Waals surface area (Å²) in [6.07, 6.45) is 1.47. The van der Waals surface area contributed by atoms with Crippen LogP contribution >= 0.6 is 0 Å². The van der Waals surface area contributed by atoms with E-state index in [9.17, 15) is 5.11 Å². The molecular formula is C10H13N5O. The summed E-state index contributed by atoms with van der Waals surface area (Å²) in [6, 6.07) is 0. The van der Waals surface area contributed by atoms with E-state index in [1.54, 1.807) is 0 Å². The summed E-state index contributed by atoms with van der Waals surface area (Å²) in [5.41, 5.74) is 7.11. The van der Waals surface area contributed by atoms with Gasteiger partial charge < -0.3 is 16.2 Å². The molecular weight excluding hydrogens is 206 g/mol. The van der Waals surface area contributed by atoms with Crippen LogP contribution in [0.25, 0.3) is 5.70 Å². The number of aliphatic hydroxyl groups excluding tert-OH is 1. The fourth-order valence-corrected chi connectivity index (χ4v) is 1.41. The summed E-state index contributed by atoms with van der Waals surface area (Å²) in [5.74, 6) is 0.670. The van der Waals surface area contributed by atoms with E-state index in [1.165, 1.54) is 6.20 Å². The lowest BCUT2D eigenvalue weighted by Gasteiger charge is -2.17. The highest BCUT2D eigenvalue weighted by atomic mass is 16.3. The van der Waals surface area contributed by atoms with Crippen LogP contribution < -0.4 is 11.1 Å². The second-order valence-corrected chi connectivity index (χ2v) is 3.49. The monoisotopic (exact) mass is 219 g/mol. The highest BCUT2D eigenvalue weighted by Gasteiger charge is 2.18. The number of aliphatic imine (C=N–C) groups is 1. The van der Waals surface area contributed by atoms with Crippen LogP contribution in [0, 0.1) is 0 Å². The molecule has 84 valence electrons. The molecule has 0 amide bonds. The Balaban J connectivity index is 2.47. The zero-order chi connectivity index (χ0) is 11.7. The van der Waals surface area contributed by atoms with Gasteiger partial charge in [-0.25, -0.2) is 9.97 Å². The Hall–Kier alpha value is -1.95.